The van der Waals surface area contributed by atoms with Gasteiger partial charge in [0.15, 0.2) is 5.69 Å². The van der Waals surface area contributed by atoms with Gasteiger partial charge in [-0.05, 0) is 12.1 Å². The molecule has 0 saturated heterocycles. The molecule has 0 spiro atoms. The van der Waals surface area contributed by atoms with E-state index in [0.29, 0.717) is 24.2 Å². The molecule has 3 N–H and O–H groups in total. The second-order valence-electron chi connectivity index (χ2n) is 8.71. The minimum Gasteiger partial charge on any atom is -0.481 e. The minimum atomic E-state index is -0.975. The topological polar surface area (TPSA) is 143 Å². The van der Waals surface area contributed by atoms with Crippen molar-refractivity contribution >= 4 is 34.6 Å². The number of H-pyrrole nitrogens is 2. The first kappa shape index (κ1) is 24.0. The van der Waals surface area contributed by atoms with Crippen molar-refractivity contribution < 1.29 is 24.3 Å². The van der Waals surface area contributed by atoms with Gasteiger partial charge in [-0.3, -0.25) is 24.3 Å². The third kappa shape index (κ3) is 5.18. The molecule has 0 aliphatic carbocycles. The molecule has 1 aliphatic rings. The number of nitrogens with zero attached hydrogens (tertiary/aromatic N) is 4. The first-order valence-electron chi connectivity index (χ1n) is 11.4. The maximum atomic E-state index is 13.1. The highest BCUT2D eigenvalue weighted by atomic mass is 16.4. The molecule has 0 fully saturated rings. The van der Waals surface area contributed by atoms with Gasteiger partial charge in [0.05, 0.1) is 13.0 Å². The highest BCUT2D eigenvalue weighted by Crippen LogP contribution is 2.24. The Balaban J connectivity index is 1.40. The molecule has 0 saturated carbocycles. The van der Waals surface area contributed by atoms with E-state index < -0.39 is 5.97 Å². The van der Waals surface area contributed by atoms with Crippen LogP contribution in [0.1, 0.15) is 45.1 Å². The van der Waals surface area contributed by atoms with Crippen molar-refractivity contribution in [2.75, 3.05) is 33.7 Å². The number of para-hydroxylation sites is 1. The maximum Gasteiger partial charge on any atom is 0.305 e. The molecule has 0 bridgehead atoms. The Morgan fingerprint density at radius 2 is 1.83 bits per heavy atom. The molecule has 0 radical (unpaired) electrons. The van der Waals surface area contributed by atoms with Crippen LogP contribution in [0, 0.1) is 0 Å². The second kappa shape index (κ2) is 10.00. The van der Waals surface area contributed by atoms with Crippen molar-refractivity contribution in [3.05, 3.63) is 53.0 Å². The third-order valence-electron chi connectivity index (χ3n) is 6.28. The van der Waals surface area contributed by atoms with E-state index in [1.807, 2.05) is 30.3 Å². The number of nitrogens with one attached hydrogen (secondary N) is 2. The summed E-state index contributed by atoms with van der Waals surface area (Å²) < 4.78 is 0. The Morgan fingerprint density at radius 1 is 1.09 bits per heavy atom. The lowest BCUT2D eigenvalue weighted by Crippen LogP contribution is -2.38. The average Bonchev–Trinajstić information content (AvgIpc) is 3.48. The van der Waals surface area contributed by atoms with Crippen LogP contribution in [0.3, 0.4) is 0 Å². The molecule has 0 atom stereocenters. The zero-order valence-electron chi connectivity index (χ0n) is 19.7. The number of aliphatic carboxylic acids is 1. The minimum absolute atomic E-state index is 0.0654. The highest BCUT2D eigenvalue weighted by molar-refractivity contribution is 5.98. The summed E-state index contributed by atoms with van der Waals surface area (Å²) in [6.45, 7) is 1.03. The van der Waals surface area contributed by atoms with Crippen molar-refractivity contribution in [2.45, 2.75) is 25.8 Å². The maximum absolute atomic E-state index is 13.1. The Hall–Kier alpha value is -4.15. The van der Waals surface area contributed by atoms with Crippen molar-refractivity contribution in [3.8, 4) is 0 Å². The number of rotatable bonds is 8. The van der Waals surface area contributed by atoms with E-state index in [-0.39, 0.29) is 55.9 Å². The van der Waals surface area contributed by atoms with E-state index in [9.17, 15) is 19.2 Å². The summed E-state index contributed by atoms with van der Waals surface area (Å²) in [5, 5.41) is 16.8. The van der Waals surface area contributed by atoms with Gasteiger partial charge in [0.25, 0.3) is 11.8 Å². The van der Waals surface area contributed by atoms with Gasteiger partial charge in [0, 0.05) is 68.7 Å². The monoisotopic (exact) mass is 480 g/mol. The van der Waals surface area contributed by atoms with Crippen molar-refractivity contribution in [3.63, 3.8) is 0 Å². The van der Waals surface area contributed by atoms with Crippen LogP contribution in [0.15, 0.2) is 30.3 Å². The fraction of sp³-hybridized carbons (Fsp3) is 0.375. The van der Waals surface area contributed by atoms with E-state index >= 15 is 0 Å². The summed E-state index contributed by atoms with van der Waals surface area (Å²) >= 11 is 0. The van der Waals surface area contributed by atoms with Crippen LogP contribution in [0.25, 0.3) is 10.9 Å². The van der Waals surface area contributed by atoms with Crippen LogP contribution in [0.2, 0.25) is 0 Å². The number of hydrogen-bond acceptors (Lipinski definition) is 5. The lowest BCUT2D eigenvalue weighted by atomic mass is 10.0. The summed E-state index contributed by atoms with van der Waals surface area (Å²) in [5.41, 5.74) is 3.13. The fourth-order valence-electron chi connectivity index (χ4n) is 4.13. The van der Waals surface area contributed by atoms with E-state index in [1.165, 1.54) is 16.8 Å². The van der Waals surface area contributed by atoms with Gasteiger partial charge in [-0.2, -0.15) is 5.10 Å². The lowest BCUT2D eigenvalue weighted by molar-refractivity contribution is -0.138. The Labute approximate surface area is 201 Å². The molecule has 184 valence electrons. The molecule has 3 heterocycles. The molecular weight excluding hydrogens is 452 g/mol. The number of carbonyl (C=O) groups is 4. The molecular formula is C24H28N6O5. The Morgan fingerprint density at radius 3 is 2.57 bits per heavy atom. The van der Waals surface area contributed by atoms with Gasteiger partial charge < -0.3 is 24.8 Å². The molecule has 35 heavy (non-hydrogen) atoms. The molecule has 0 unspecified atom stereocenters. The highest BCUT2D eigenvalue weighted by Gasteiger charge is 2.30. The van der Waals surface area contributed by atoms with Crippen LogP contribution in [0.4, 0.5) is 0 Å². The number of hydrogen-bond donors (Lipinski definition) is 3. The number of aromatic amines is 2. The number of carboxylic acids is 1. The van der Waals surface area contributed by atoms with E-state index in [4.69, 9.17) is 5.11 Å². The molecule has 3 aromatic rings. The first-order valence-corrected chi connectivity index (χ1v) is 11.4. The SMILES string of the molecule is CN(CCC(=O)O)C(=O)CCN(C)C(=O)c1n[nH]c2c1CN(C(=O)c1cc3ccccc3[nH]1)CC2. The summed E-state index contributed by atoms with van der Waals surface area (Å²) in [6, 6.07) is 9.50. The molecule has 11 nitrogen and oxygen atoms in total. The number of carboxylic acid groups (broad SMARTS) is 1. The molecule has 4 rings (SSSR count). The van der Waals surface area contributed by atoms with Gasteiger partial charge in [0.2, 0.25) is 5.91 Å². The quantitative estimate of drug-likeness (QED) is 0.446. The summed E-state index contributed by atoms with van der Waals surface area (Å²) in [5.74, 6) is -1.71. The zero-order chi connectivity index (χ0) is 25.1. The predicted molar refractivity (Wildman–Crippen MR) is 127 cm³/mol. The van der Waals surface area contributed by atoms with Crippen LogP contribution in [-0.2, 0) is 22.6 Å². The molecule has 1 aliphatic heterocycles. The van der Waals surface area contributed by atoms with Crippen molar-refractivity contribution in [1.82, 2.24) is 29.9 Å². The fourth-order valence-corrected chi connectivity index (χ4v) is 4.13. The summed E-state index contributed by atoms with van der Waals surface area (Å²) in [4.78, 5) is 56.8. The van der Waals surface area contributed by atoms with Crippen molar-refractivity contribution in [2.24, 2.45) is 0 Å². The van der Waals surface area contributed by atoms with Gasteiger partial charge in [-0.25, -0.2) is 0 Å². The number of amides is 3. The zero-order valence-corrected chi connectivity index (χ0v) is 19.7. The van der Waals surface area contributed by atoms with Gasteiger partial charge in [0.1, 0.15) is 5.69 Å². The second-order valence-corrected chi connectivity index (χ2v) is 8.71. The number of fused-ring (bicyclic) bond motifs is 2. The molecule has 2 aromatic heterocycles. The van der Waals surface area contributed by atoms with E-state index in [0.717, 1.165) is 16.6 Å². The summed E-state index contributed by atoms with van der Waals surface area (Å²) in [7, 11) is 3.13. The van der Waals surface area contributed by atoms with Crippen LogP contribution in [-0.4, -0.2) is 92.4 Å². The summed E-state index contributed by atoms with van der Waals surface area (Å²) in [6.07, 6.45) is 0.484. The lowest BCUT2D eigenvalue weighted by Gasteiger charge is -2.27. The van der Waals surface area contributed by atoms with Gasteiger partial charge in [-0.1, -0.05) is 18.2 Å². The van der Waals surface area contributed by atoms with Gasteiger partial charge in [-0.15, -0.1) is 0 Å². The molecule has 11 heteroatoms. The average molecular weight is 481 g/mol. The Bertz CT molecular complexity index is 1250. The predicted octanol–water partition coefficient (Wildman–Crippen LogP) is 1.48. The Kier molecular flexibility index (Phi) is 6.85. The van der Waals surface area contributed by atoms with Crippen LogP contribution >= 0.6 is 0 Å². The molecule has 3 amide bonds. The number of aromatic nitrogens is 3. The largest absolute Gasteiger partial charge is 0.481 e. The standard InChI is InChI=1S/C24H28N6O5/c1-28(11-9-21(32)33)20(31)8-10-29(2)24(35)22-16-14-30(12-7-18(16)26-27-22)23(34)19-13-15-5-3-4-6-17(15)25-19/h3-6,13,25H,7-12,14H2,1-2H3,(H,26,27)(H,32,33). The van der Waals surface area contributed by atoms with E-state index in [1.54, 1.807) is 11.9 Å². The van der Waals surface area contributed by atoms with Crippen LogP contribution in [0.5, 0.6) is 0 Å². The van der Waals surface area contributed by atoms with Gasteiger partial charge >= 0.3 is 5.97 Å². The smallest absolute Gasteiger partial charge is 0.305 e. The number of carbonyl (C=O) groups excluding carboxylic acids is 3. The number of benzene rings is 1. The van der Waals surface area contributed by atoms with Crippen molar-refractivity contribution in [1.29, 1.82) is 0 Å². The van der Waals surface area contributed by atoms with Crippen LogP contribution < -0.4 is 0 Å². The third-order valence-corrected chi connectivity index (χ3v) is 6.28. The molecule has 1 aromatic carbocycles. The normalized spacial score (nSPS) is 12.9. The first-order chi connectivity index (χ1) is 16.7. The van der Waals surface area contributed by atoms with E-state index in [2.05, 4.69) is 15.2 Å².